The van der Waals surface area contributed by atoms with Crippen molar-refractivity contribution in [2.45, 2.75) is 6.18 Å². The lowest BCUT2D eigenvalue weighted by Crippen LogP contribution is -2.50. The molecule has 1 aliphatic rings. The number of halogens is 4. The summed E-state index contributed by atoms with van der Waals surface area (Å²) >= 11 is 0. The highest BCUT2D eigenvalue weighted by atomic mass is 32.2. The van der Waals surface area contributed by atoms with Crippen molar-refractivity contribution < 1.29 is 35.5 Å². The predicted molar refractivity (Wildman–Crippen MR) is 114 cm³/mol. The maximum atomic E-state index is 13.5. The van der Waals surface area contributed by atoms with Gasteiger partial charge in [-0.2, -0.15) is 17.5 Å². The summed E-state index contributed by atoms with van der Waals surface area (Å²) in [5.74, 6) is -1.64. The Balaban J connectivity index is 1.44. The van der Waals surface area contributed by atoms with Gasteiger partial charge in [0.05, 0.1) is 11.3 Å². The quantitative estimate of drug-likeness (QED) is 0.577. The van der Waals surface area contributed by atoms with E-state index in [0.717, 1.165) is 12.1 Å². The lowest BCUT2D eigenvalue weighted by molar-refractivity contribution is -0.137. The van der Waals surface area contributed by atoms with E-state index in [0.29, 0.717) is 5.69 Å². The molecule has 2 aromatic rings. The summed E-state index contributed by atoms with van der Waals surface area (Å²) < 4.78 is 83.6. The van der Waals surface area contributed by atoms with Crippen molar-refractivity contribution in [3.05, 3.63) is 59.9 Å². The monoisotopic (exact) mass is 489 g/mol. The molecule has 1 N–H and O–H groups in total. The zero-order valence-corrected chi connectivity index (χ0v) is 18.3. The lowest BCUT2D eigenvalue weighted by Gasteiger charge is -2.35. The molecule has 0 spiro atoms. The molecule has 1 fully saturated rings. The SMILES string of the molecule is O=C(COc1ccccc1F)NCCS(=O)(=O)N1CCN(c2cccc(C(F)(F)F)c2)CC1. The zero-order valence-electron chi connectivity index (χ0n) is 17.5. The number of hydrogen-bond donors (Lipinski definition) is 1. The Hall–Kier alpha value is -2.86. The van der Waals surface area contributed by atoms with Gasteiger partial charge in [-0.25, -0.2) is 12.8 Å². The molecular formula is C21H23F4N3O4S. The van der Waals surface area contributed by atoms with E-state index in [1.54, 1.807) is 17.0 Å². The highest BCUT2D eigenvalue weighted by Crippen LogP contribution is 2.32. The van der Waals surface area contributed by atoms with E-state index in [2.05, 4.69) is 5.32 Å². The highest BCUT2D eigenvalue weighted by Gasteiger charge is 2.32. The first kappa shape index (κ1) is 24.8. The van der Waals surface area contributed by atoms with E-state index >= 15 is 0 Å². The van der Waals surface area contributed by atoms with Crippen molar-refractivity contribution in [2.75, 3.05) is 50.0 Å². The fourth-order valence-electron chi connectivity index (χ4n) is 3.31. The van der Waals surface area contributed by atoms with Crippen LogP contribution in [-0.4, -0.2) is 63.7 Å². The van der Waals surface area contributed by atoms with Gasteiger partial charge < -0.3 is 15.0 Å². The number of piperazine rings is 1. The van der Waals surface area contributed by atoms with Gasteiger partial charge in [0.25, 0.3) is 5.91 Å². The van der Waals surface area contributed by atoms with E-state index in [1.165, 1.54) is 28.6 Å². The van der Waals surface area contributed by atoms with Crippen LogP contribution in [0.3, 0.4) is 0 Å². The third-order valence-corrected chi connectivity index (χ3v) is 6.92. The van der Waals surface area contributed by atoms with E-state index in [1.807, 2.05) is 0 Å². The Kier molecular flexibility index (Phi) is 7.80. The zero-order chi connectivity index (χ0) is 24.1. The molecule has 1 heterocycles. The number of benzene rings is 2. The van der Waals surface area contributed by atoms with Gasteiger partial charge in [0, 0.05) is 38.4 Å². The van der Waals surface area contributed by atoms with E-state index < -0.39 is 40.1 Å². The van der Waals surface area contributed by atoms with Crippen molar-refractivity contribution in [3.8, 4) is 5.75 Å². The van der Waals surface area contributed by atoms with Crippen LogP contribution < -0.4 is 15.0 Å². The van der Waals surface area contributed by atoms with Gasteiger partial charge in [-0.1, -0.05) is 18.2 Å². The first-order chi connectivity index (χ1) is 15.6. The minimum atomic E-state index is -4.45. The number of anilines is 1. The third-order valence-electron chi connectivity index (χ3n) is 5.05. The summed E-state index contributed by atoms with van der Waals surface area (Å²) in [4.78, 5) is 13.5. The van der Waals surface area contributed by atoms with Gasteiger partial charge in [0.2, 0.25) is 10.0 Å². The van der Waals surface area contributed by atoms with Crippen molar-refractivity contribution in [1.29, 1.82) is 0 Å². The molecule has 3 rings (SSSR count). The maximum absolute atomic E-state index is 13.5. The number of rotatable bonds is 8. The van der Waals surface area contributed by atoms with Gasteiger partial charge in [-0.15, -0.1) is 0 Å². The Morgan fingerprint density at radius 1 is 1.03 bits per heavy atom. The molecule has 0 aliphatic carbocycles. The van der Waals surface area contributed by atoms with Crippen molar-refractivity contribution in [3.63, 3.8) is 0 Å². The number of para-hydroxylation sites is 1. The van der Waals surface area contributed by atoms with Crippen LogP contribution in [0.1, 0.15) is 5.56 Å². The molecule has 12 heteroatoms. The standard InChI is InChI=1S/C21H23F4N3O4S/c22-18-6-1-2-7-19(18)32-15-20(29)26-8-13-33(30,31)28-11-9-27(10-12-28)17-5-3-4-16(14-17)21(23,24)25/h1-7,14H,8-13,15H2,(H,26,29). The molecule has 7 nitrogen and oxygen atoms in total. The van der Waals surface area contributed by atoms with Gasteiger partial charge in [-0.05, 0) is 30.3 Å². The summed E-state index contributed by atoms with van der Waals surface area (Å²) in [5.41, 5.74) is -0.381. The normalized spacial score (nSPS) is 15.3. The van der Waals surface area contributed by atoms with E-state index in [-0.39, 0.29) is 44.2 Å². The molecule has 0 radical (unpaired) electrons. The molecule has 0 unspecified atom stereocenters. The molecule has 0 saturated carbocycles. The summed E-state index contributed by atoms with van der Waals surface area (Å²) in [6, 6.07) is 10.5. The number of sulfonamides is 1. The molecule has 1 amide bonds. The van der Waals surface area contributed by atoms with E-state index in [4.69, 9.17) is 4.74 Å². The second kappa shape index (κ2) is 10.4. The fraction of sp³-hybridized carbons (Fsp3) is 0.381. The number of nitrogens with one attached hydrogen (secondary N) is 1. The van der Waals surface area contributed by atoms with Crippen LogP contribution in [0.5, 0.6) is 5.75 Å². The molecule has 0 bridgehead atoms. The maximum Gasteiger partial charge on any atom is 0.416 e. The first-order valence-corrected chi connectivity index (χ1v) is 11.7. The molecule has 1 saturated heterocycles. The summed E-state index contributed by atoms with van der Waals surface area (Å²) in [5, 5.41) is 2.41. The van der Waals surface area contributed by atoms with Crippen molar-refractivity contribution >= 4 is 21.6 Å². The first-order valence-electron chi connectivity index (χ1n) is 10.1. The van der Waals surface area contributed by atoms with Crippen molar-refractivity contribution in [2.24, 2.45) is 0 Å². The number of nitrogens with zero attached hydrogens (tertiary/aromatic N) is 2. The molecule has 0 atom stereocenters. The molecule has 1 aliphatic heterocycles. The van der Waals surface area contributed by atoms with Crippen LogP contribution in [-0.2, 0) is 21.0 Å². The van der Waals surface area contributed by atoms with E-state index in [9.17, 15) is 30.8 Å². The van der Waals surface area contributed by atoms with Gasteiger partial charge in [0.15, 0.2) is 18.2 Å². The van der Waals surface area contributed by atoms with Gasteiger partial charge >= 0.3 is 6.18 Å². The predicted octanol–water partition coefficient (Wildman–Crippen LogP) is 2.49. The summed E-state index contributed by atoms with van der Waals surface area (Å²) in [6.07, 6.45) is -4.45. The largest absolute Gasteiger partial charge is 0.481 e. The molecule has 0 aromatic heterocycles. The minimum Gasteiger partial charge on any atom is -0.481 e. The Labute approximate surface area is 189 Å². The van der Waals surface area contributed by atoms with Gasteiger partial charge in [-0.3, -0.25) is 4.79 Å². The molecule has 2 aromatic carbocycles. The van der Waals surface area contributed by atoms with Crippen LogP contribution in [0.2, 0.25) is 0 Å². The number of amides is 1. The lowest BCUT2D eigenvalue weighted by atomic mass is 10.1. The average Bonchev–Trinajstić information content (AvgIpc) is 2.78. The summed E-state index contributed by atoms with van der Waals surface area (Å²) in [7, 11) is -3.68. The third kappa shape index (κ3) is 6.81. The Morgan fingerprint density at radius 3 is 2.39 bits per heavy atom. The smallest absolute Gasteiger partial charge is 0.416 e. The molecule has 33 heavy (non-hydrogen) atoms. The minimum absolute atomic E-state index is 0.0843. The van der Waals surface area contributed by atoms with Crippen molar-refractivity contribution in [1.82, 2.24) is 9.62 Å². The van der Waals surface area contributed by atoms with Crippen LogP contribution >= 0.6 is 0 Å². The Morgan fingerprint density at radius 2 is 1.73 bits per heavy atom. The van der Waals surface area contributed by atoms with Gasteiger partial charge in [0.1, 0.15) is 0 Å². The number of carbonyl (C=O) groups is 1. The topological polar surface area (TPSA) is 78.9 Å². The highest BCUT2D eigenvalue weighted by molar-refractivity contribution is 7.89. The second-order valence-corrected chi connectivity index (χ2v) is 9.41. The van der Waals surface area contributed by atoms with Crippen LogP contribution in [0.15, 0.2) is 48.5 Å². The fourth-order valence-corrected chi connectivity index (χ4v) is 4.65. The number of hydrogen-bond acceptors (Lipinski definition) is 5. The second-order valence-electron chi connectivity index (χ2n) is 7.32. The molecule has 180 valence electrons. The number of alkyl halides is 3. The average molecular weight is 489 g/mol. The molecular weight excluding hydrogens is 466 g/mol. The van der Waals surface area contributed by atoms with Crippen LogP contribution in [0.25, 0.3) is 0 Å². The number of ether oxygens (including phenoxy) is 1. The number of carbonyl (C=O) groups excluding carboxylic acids is 1. The van der Waals surface area contributed by atoms with Crippen LogP contribution in [0.4, 0.5) is 23.2 Å². The Bertz CT molecular complexity index is 1070. The summed E-state index contributed by atoms with van der Waals surface area (Å²) in [6.45, 7) is 0.0882. The van der Waals surface area contributed by atoms with Crippen LogP contribution in [0, 0.1) is 5.82 Å².